The Hall–Kier alpha value is -2.68. The van der Waals surface area contributed by atoms with Gasteiger partial charge in [0.25, 0.3) is 0 Å². The Kier molecular flexibility index (Phi) is 8.65. The van der Waals surface area contributed by atoms with Gasteiger partial charge in [0.05, 0.1) is 0 Å². The van der Waals surface area contributed by atoms with Crippen molar-refractivity contribution in [1.82, 2.24) is 15.1 Å². The maximum absolute atomic E-state index is 14.6. The number of rotatable bonds is 6. The van der Waals surface area contributed by atoms with E-state index in [2.05, 4.69) is 22.5 Å². The number of hydrogen-bond acceptors (Lipinski definition) is 5. The van der Waals surface area contributed by atoms with E-state index in [1.54, 1.807) is 20.8 Å². The number of nitrogens with zero attached hydrogens (tertiary/aromatic N) is 2. The molecule has 1 atom stereocenters. The molecule has 3 aliphatic rings. The number of alkyl carbamates (subject to hydrolysis) is 1. The van der Waals surface area contributed by atoms with Gasteiger partial charge in [-0.2, -0.15) is 0 Å². The van der Waals surface area contributed by atoms with Crippen LogP contribution in [0.2, 0.25) is 0 Å². The molecule has 1 aromatic carbocycles. The second-order valence-electron chi connectivity index (χ2n) is 12.3. The van der Waals surface area contributed by atoms with Crippen LogP contribution in [0.15, 0.2) is 12.1 Å². The summed E-state index contributed by atoms with van der Waals surface area (Å²) in [7, 11) is 0. The maximum atomic E-state index is 14.6. The first-order chi connectivity index (χ1) is 17.9. The summed E-state index contributed by atoms with van der Waals surface area (Å²) in [4.78, 5) is 42.0. The SMILES string of the molecule is Cc1c(CN2CCN(C(=O)C3CCCC3)[C@@H](C)C2)cc(F)cc1NC(=O)C1CC(NC(=O)OC(C)(C)C)C1. The lowest BCUT2D eigenvalue weighted by atomic mass is 9.79. The van der Waals surface area contributed by atoms with Crippen LogP contribution in [0.1, 0.15) is 77.3 Å². The van der Waals surface area contributed by atoms with Crippen molar-refractivity contribution in [1.29, 1.82) is 0 Å². The molecule has 3 amide bonds. The van der Waals surface area contributed by atoms with Crippen molar-refractivity contribution < 1.29 is 23.5 Å². The molecule has 1 heterocycles. The third-order valence-corrected chi connectivity index (χ3v) is 8.06. The highest BCUT2D eigenvalue weighted by Crippen LogP contribution is 2.31. The zero-order chi connectivity index (χ0) is 27.6. The number of nitrogens with one attached hydrogen (secondary N) is 2. The normalized spacial score (nSPS) is 24.6. The molecule has 0 aromatic heterocycles. The topological polar surface area (TPSA) is 91.0 Å². The highest BCUT2D eigenvalue weighted by Gasteiger charge is 2.37. The Balaban J connectivity index is 1.30. The Morgan fingerprint density at radius 1 is 1.08 bits per heavy atom. The van der Waals surface area contributed by atoms with Gasteiger partial charge in [-0.3, -0.25) is 14.5 Å². The Bertz CT molecular complexity index is 1040. The molecule has 2 aliphatic carbocycles. The number of anilines is 1. The minimum absolute atomic E-state index is 0.106. The molecule has 9 heteroatoms. The number of hydrogen-bond donors (Lipinski definition) is 2. The molecule has 1 aromatic rings. The lowest BCUT2D eigenvalue weighted by molar-refractivity contribution is -0.140. The average molecular weight is 531 g/mol. The van der Waals surface area contributed by atoms with Gasteiger partial charge >= 0.3 is 6.09 Å². The van der Waals surface area contributed by atoms with Crippen LogP contribution < -0.4 is 10.6 Å². The number of piperazine rings is 1. The van der Waals surface area contributed by atoms with Gasteiger partial charge < -0.3 is 20.3 Å². The molecule has 1 aliphatic heterocycles. The van der Waals surface area contributed by atoms with E-state index in [0.29, 0.717) is 37.5 Å². The zero-order valence-corrected chi connectivity index (χ0v) is 23.4. The second kappa shape index (κ2) is 11.6. The molecule has 210 valence electrons. The van der Waals surface area contributed by atoms with Crippen molar-refractivity contribution in [2.24, 2.45) is 11.8 Å². The maximum Gasteiger partial charge on any atom is 0.407 e. The van der Waals surface area contributed by atoms with Crippen molar-refractivity contribution in [2.75, 3.05) is 25.0 Å². The predicted molar refractivity (Wildman–Crippen MR) is 144 cm³/mol. The van der Waals surface area contributed by atoms with E-state index < -0.39 is 11.7 Å². The van der Waals surface area contributed by atoms with Crippen LogP contribution in [0, 0.1) is 24.6 Å². The third kappa shape index (κ3) is 7.04. The van der Waals surface area contributed by atoms with Gasteiger partial charge in [-0.1, -0.05) is 12.8 Å². The summed E-state index contributed by atoms with van der Waals surface area (Å²) in [5.41, 5.74) is 1.59. The summed E-state index contributed by atoms with van der Waals surface area (Å²) in [6.07, 6.45) is 4.86. The summed E-state index contributed by atoms with van der Waals surface area (Å²) >= 11 is 0. The van der Waals surface area contributed by atoms with Crippen LogP contribution in [-0.4, -0.2) is 65.0 Å². The summed E-state index contributed by atoms with van der Waals surface area (Å²) < 4.78 is 19.9. The van der Waals surface area contributed by atoms with Gasteiger partial charge in [0.15, 0.2) is 0 Å². The largest absolute Gasteiger partial charge is 0.444 e. The molecule has 0 spiro atoms. The van der Waals surface area contributed by atoms with E-state index in [0.717, 1.165) is 49.9 Å². The van der Waals surface area contributed by atoms with Crippen molar-refractivity contribution in [3.63, 3.8) is 0 Å². The molecule has 0 unspecified atom stereocenters. The first-order valence-corrected chi connectivity index (χ1v) is 14.0. The average Bonchev–Trinajstić information content (AvgIpc) is 3.32. The quantitative estimate of drug-likeness (QED) is 0.561. The van der Waals surface area contributed by atoms with Gasteiger partial charge in [-0.15, -0.1) is 0 Å². The van der Waals surface area contributed by atoms with Gasteiger partial charge in [-0.25, -0.2) is 9.18 Å². The monoisotopic (exact) mass is 530 g/mol. The summed E-state index contributed by atoms with van der Waals surface area (Å²) in [6.45, 7) is 12.1. The first-order valence-electron chi connectivity index (χ1n) is 14.0. The minimum atomic E-state index is -0.574. The Morgan fingerprint density at radius 2 is 1.76 bits per heavy atom. The highest BCUT2D eigenvalue weighted by atomic mass is 19.1. The van der Waals surface area contributed by atoms with Gasteiger partial charge in [0, 0.05) is 55.8 Å². The van der Waals surface area contributed by atoms with Gasteiger partial charge in [0.1, 0.15) is 11.4 Å². The van der Waals surface area contributed by atoms with Crippen LogP contribution in [0.3, 0.4) is 0 Å². The minimum Gasteiger partial charge on any atom is -0.444 e. The standard InChI is InChI=1S/C29H43FN4O4/c1-18-16-33(10-11-34(18)27(36)20-8-6-7-9-20)17-22-12-23(30)15-25(19(22)2)32-26(35)21-13-24(14-21)31-28(37)38-29(3,4)5/h12,15,18,20-21,24H,6-11,13-14,16-17H2,1-5H3,(H,31,37)(H,32,35)/t18-,21?,24?/m0/s1. The van der Waals surface area contributed by atoms with Gasteiger partial charge in [0.2, 0.25) is 11.8 Å². The molecule has 2 saturated carbocycles. The van der Waals surface area contributed by atoms with Crippen molar-refractivity contribution in [3.05, 3.63) is 29.1 Å². The van der Waals surface area contributed by atoms with Gasteiger partial charge in [-0.05, 0) is 83.6 Å². The number of carbonyl (C=O) groups excluding carboxylic acids is 3. The van der Waals surface area contributed by atoms with Crippen LogP contribution in [-0.2, 0) is 20.9 Å². The molecular formula is C29H43FN4O4. The molecular weight excluding hydrogens is 487 g/mol. The summed E-state index contributed by atoms with van der Waals surface area (Å²) in [5.74, 6) is -0.324. The molecule has 4 rings (SSSR count). The number of amides is 3. The lowest BCUT2D eigenvalue weighted by Crippen LogP contribution is -2.54. The number of ether oxygens (including phenoxy) is 1. The van der Waals surface area contributed by atoms with E-state index in [1.165, 1.54) is 12.1 Å². The van der Waals surface area contributed by atoms with E-state index in [1.807, 2.05) is 11.8 Å². The molecule has 8 nitrogen and oxygen atoms in total. The van der Waals surface area contributed by atoms with E-state index in [-0.39, 0.29) is 35.6 Å². The van der Waals surface area contributed by atoms with E-state index >= 15 is 0 Å². The van der Waals surface area contributed by atoms with E-state index in [4.69, 9.17) is 4.74 Å². The van der Waals surface area contributed by atoms with E-state index in [9.17, 15) is 18.8 Å². The van der Waals surface area contributed by atoms with Crippen LogP contribution >= 0.6 is 0 Å². The predicted octanol–water partition coefficient (Wildman–Crippen LogP) is 4.60. The Labute approximate surface area is 225 Å². The fourth-order valence-electron chi connectivity index (χ4n) is 5.84. The Morgan fingerprint density at radius 3 is 2.39 bits per heavy atom. The fraction of sp³-hybridized carbons (Fsp3) is 0.690. The molecule has 1 saturated heterocycles. The molecule has 0 radical (unpaired) electrons. The first kappa shape index (κ1) is 28.3. The molecule has 0 bridgehead atoms. The number of carbonyl (C=O) groups is 3. The van der Waals surface area contributed by atoms with Crippen LogP contribution in [0.4, 0.5) is 14.9 Å². The lowest BCUT2D eigenvalue weighted by Gasteiger charge is -2.41. The van der Waals surface area contributed by atoms with Crippen LogP contribution in [0.25, 0.3) is 0 Å². The second-order valence-corrected chi connectivity index (χ2v) is 12.3. The van der Waals surface area contributed by atoms with Crippen LogP contribution in [0.5, 0.6) is 0 Å². The number of benzene rings is 1. The smallest absolute Gasteiger partial charge is 0.407 e. The highest BCUT2D eigenvalue weighted by molar-refractivity contribution is 5.94. The summed E-state index contributed by atoms with van der Waals surface area (Å²) in [6, 6.07) is 2.92. The molecule has 2 N–H and O–H groups in total. The molecule has 38 heavy (non-hydrogen) atoms. The van der Waals surface area contributed by atoms with Crippen molar-refractivity contribution in [2.45, 2.75) is 97.4 Å². The fourth-order valence-corrected chi connectivity index (χ4v) is 5.84. The zero-order valence-electron chi connectivity index (χ0n) is 23.4. The summed E-state index contributed by atoms with van der Waals surface area (Å²) in [5, 5.41) is 5.71. The number of halogens is 1. The van der Waals surface area contributed by atoms with Crippen molar-refractivity contribution in [3.8, 4) is 0 Å². The van der Waals surface area contributed by atoms with Crippen molar-refractivity contribution >= 4 is 23.6 Å². The molecule has 3 fully saturated rings. The third-order valence-electron chi connectivity index (χ3n) is 8.06.